The number of piperidine rings is 1. The average Bonchev–Trinajstić information content (AvgIpc) is 2.59. The number of halogens is 1. The van der Waals surface area contributed by atoms with Gasteiger partial charge in [0, 0.05) is 26.2 Å². The minimum Gasteiger partial charge on any atom is -0.496 e. The molecule has 1 unspecified atom stereocenters. The first kappa shape index (κ1) is 18.2. The molecule has 0 aliphatic carbocycles. The first-order valence-corrected chi connectivity index (χ1v) is 8.38. The summed E-state index contributed by atoms with van der Waals surface area (Å²) in [6.45, 7) is 2.29. The molecular formula is C18H28FNO3. The van der Waals surface area contributed by atoms with Crippen LogP contribution in [0.3, 0.4) is 0 Å². The predicted octanol–water partition coefficient (Wildman–Crippen LogP) is 2.84. The van der Waals surface area contributed by atoms with E-state index >= 15 is 0 Å². The first-order valence-electron chi connectivity index (χ1n) is 8.38. The summed E-state index contributed by atoms with van der Waals surface area (Å²) in [6.07, 6.45) is 3.99. The van der Waals surface area contributed by atoms with E-state index in [0.717, 1.165) is 32.2 Å². The molecule has 2 atom stereocenters. The molecule has 4 nitrogen and oxygen atoms in total. The van der Waals surface area contributed by atoms with E-state index in [1.165, 1.54) is 13.2 Å². The van der Waals surface area contributed by atoms with Gasteiger partial charge in [0.25, 0.3) is 0 Å². The van der Waals surface area contributed by atoms with Crippen molar-refractivity contribution in [1.82, 2.24) is 5.32 Å². The van der Waals surface area contributed by atoms with Crippen LogP contribution in [0.25, 0.3) is 0 Å². The topological polar surface area (TPSA) is 50.7 Å². The van der Waals surface area contributed by atoms with Gasteiger partial charge in [-0.25, -0.2) is 4.39 Å². The van der Waals surface area contributed by atoms with Crippen molar-refractivity contribution in [3.05, 3.63) is 29.6 Å². The second-order valence-electron chi connectivity index (χ2n) is 6.23. The second kappa shape index (κ2) is 8.62. The van der Waals surface area contributed by atoms with Gasteiger partial charge in [-0.15, -0.1) is 0 Å². The Bertz CT molecular complexity index is 491. The Hall–Kier alpha value is -1.17. The third-order valence-electron chi connectivity index (χ3n) is 4.76. The fourth-order valence-electron chi connectivity index (χ4n) is 3.53. The molecule has 130 valence electrons. The predicted molar refractivity (Wildman–Crippen MR) is 88.2 cm³/mol. The smallest absolute Gasteiger partial charge is 0.133 e. The molecule has 1 saturated heterocycles. The molecule has 1 heterocycles. The molecule has 0 radical (unpaired) electrons. The summed E-state index contributed by atoms with van der Waals surface area (Å²) < 4.78 is 25.0. The second-order valence-corrected chi connectivity index (χ2v) is 6.23. The Morgan fingerprint density at radius 2 is 2.17 bits per heavy atom. The maximum atomic E-state index is 14.6. The number of rotatable bonds is 8. The molecule has 1 aromatic rings. The lowest BCUT2D eigenvalue weighted by Crippen LogP contribution is -2.45. The number of hydrogen-bond acceptors (Lipinski definition) is 4. The van der Waals surface area contributed by atoms with Gasteiger partial charge in [-0.3, -0.25) is 0 Å². The number of methoxy groups -OCH3 is 2. The molecule has 2 N–H and O–H groups in total. The number of benzene rings is 1. The Balaban J connectivity index is 2.32. The molecular weight excluding hydrogens is 297 g/mol. The lowest BCUT2D eigenvalue weighted by molar-refractivity contribution is -0.0476. The van der Waals surface area contributed by atoms with Crippen LogP contribution in [0.4, 0.5) is 4.39 Å². The maximum absolute atomic E-state index is 14.6. The number of hydrogen-bond donors (Lipinski definition) is 2. The third-order valence-corrected chi connectivity index (χ3v) is 4.76. The summed E-state index contributed by atoms with van der Waals surface area (Å²) in [6, 6.07) is 4.73. The zero-order valence-electron chi connectivity index (χ0n) is 14.1. The lowest BCUT2D eigenvalue weighted by atomic mass is 9.74. The zero-order chi connectivity index (χ0) is 16.7. The van der Waals surface area contributed by atoms with Crippen molar-refractivity contribution in [2.75, 3.05) is 33.9 Å². The summed E-state index contributed by atoms with van der Waals surface area (Å²) in [4.78, 5) is 0. The van der Waals surface area contributed by atoms with Crippen LogP contribution < -0.4 is 10.1 Å². The Morgan fingerprint density at radius 3 is 2.83 bits per heavy atom. The largest absolute Gasteiger partial charge is 0.496 e. The molecule has 0 bridgehead atoms. The standard InChI is InChI=1S/C18H28FNO3/c1-22-12-4-3-10-18(21,14-7-6-11-20-13-14)17-15(19)8-5-9-16(17)23-2/h5,8-9,14,20-21H,3-4,6-7,10-13H2,1-2H3/t14?,18-/m0/s1. The van der Waals surface area contributed by atoms with Crippen LogP contribution in [0.5, 0.6) is 5.75 Å². The molecule has 1 aromatic carbocycles. The van der Waals surface area contributed by atoms with Crippen molar-refractivity contribution in [2.45, 2.75) is 37.7 Å². The number of ether oxygens (including phenoxy) is 2. The summed E-state index contributed by atoms with van der Waals surface area (Å²) in [5.41, 5.74) is -0.925. The highest BCUT2D eigenvalue weighted by Crippen LogP contribution is 2.43. The fourth-order valence-corrected chi connectivity index (χ4v) is 3.53. The van der Waals surface area contributed by atoms with Crippen molar-refractivity contribution < 1.29 is 19.0 Å². The molecule has 0 saturated carbocycles. The van der Waals surface area contributed by atoms with Crippen LogP contribution in [0.1, 0.15) is 37.7 Å². The quantitative estimate of drug-likeness (QED) is 0.722. The van der Waals surface area contributed by atoms with Crippen molar-refractivity contribution in [1.29, 1.82) is 0 Å². The Labute approximate surface area is 138 Å². The van der Waals surface area contributed by atoms with E-state index in [1.807, 2.05) is 0 Å². The summed E-state index contributed by atoms with van der Waals surface area (Å²) in [5, 5.41) is 14.8. The van der Waals surface area contributed by atoms with E-state index in [2.05, 4.69) is 5.32 Å². The summed E-state index contributed by atoms with van der Waals surface area (Å²) in [7, 11) is 3.18. The van der Waals surface area contributed by atoms with E-state index in [1.54, 1.807) is 19.2 Å². The van der Waals surface area contributed by atoms with E-state index < -0.39 is 11.4 Å². The van der Waals surface area contributed by atoms with Gasteiger partial charge in [0.1, 0.15) is 17.2 Å². The SMILES string of the molecule is COCCCC[C@@](O)(c1c(F)cccc1OC)C1CCCNC1. The van der Waals surface area contributed by atoms with Crippen LogP contribution >= 0.6 is 0 Å². The van der Waals surface area contributed by atoms with Crippen LogP contribution in [0.2, 0.25) is 0 Å². The highest BCUT2D eigenvalue weighted by atomic mass is 19.1. The molecule has 1 fully saturated rings. The van der Waals surface area contributed by atoms with Gasteiger partial charge in [0.15, 0.2) is 0 Å². The Morgan fingerprint density at radius 1 is 1.35 bits per heavy atom. The highest BCUT2D eigenvalue weighted by molar-refractivity contribution is 5.40. The monoisotopic (exact) mass is 325 g/mol. The zero-order valence-corrected chi connectivity index (χ0v) is 14.1. The van der Waals surface area contributed by atoms with Gasteiger partial charge in [-0.1, -0.05) is 6.07 Å². The average molecular weight is 325 g/mol. The maximum Gasteiger partial charge on any atom is 0.133 e. The van der Waals surface area contributed by atoms with Crippen LogP contribution in [0.15, 0.2) is 18.2 Å². The van der Waals surface area contributed by atoms with E-state index in [4.69, 9.17) is 9.47 Å². The molecule has 1 aliphatic rings. The van der Waals surface area contributed by atoms with Gasteiger partial charge < -0.3 is 19.9 Å². The van der Waals surface area contributed by atoms with Gasteiger partial charge >= 0.3 is 0 Å². The van der Waals surface area contributed by atoms with Crippen molar-refractivity contribution in [3.63, 3.8) is 0 Å². The fraction of sp³-hybridized carbons (Fsp3) is 0.667. The minimum absolute atomic E-state index is 0.0235. The number of aliphatic hydroxyl groups is 1. The molecule has 0 aromatic heterocycles. The molecule has 23 heavy (non-hydrogen) atoms. The van der Waals surface area contributed by atoms with Crippen LogP contribution in [-0.2, 0) is 10.3 Å². The summed E-state index contributed by atoms with van der Waals surface area (Å²) >= 11 is 0. The normalized spacial score (nSPS) is 21.0. The van der Waals surface area contributed by atoms with E-state index in [-0.39, 0.29) is 5.92 Å². The molecule has 0 spiro atoms. The van der Waals surface area contributed by atoms with Gasteiger partial charge in [-0.2, -0.15) is 0 Å². The minimum atomic E-state index is -1.22. The summed E-state index contributed by atoms with van der Waals surface area (Å²) in [5.74, 6) is -0.00132. The van der Waals surface area contributed by atoms with Crippen molar-refractivity contribution in [2.24, 2.45) is 5.92 Å². The molecule has 0 amide bonds. The van der Waals surface area contributed by atoms with Gasteiger partial charge in [0.05, 0.1) is 12.7 Å². The highest BCUT2D eigenvalue weighted by Gasteiger charge is 2.42. The third kappa shape index (κ3) is 4.22. The van der Waals surface area contributed by atoms with E-state index in [9.17, 15) is 9.50 Å². The van der Waals surface area contributed by atoms with Gasteiger partial charge in [0.2, 0.25) is 0 Å². The lowest BCUT2D eigenvalue weighted by Gasteiger charge is -2.40. The van der Waals surface area contributed by atoms with Crippen molar-refractivity contribution in [3.8, 4) is 5.75 Å². The Kier molecular flexibility index (Phi) is 6.81. The van der Waals surface area contributed by atoms with Gasteiger partial charge in [-0.05, 0) is 50.8 Å². The molecule has 1 aliphatic heterocycles. The van der Waals surface area contributed by atoms with Crippen molar-refractivity contribution >= 4 is 0 Å². The number of nitrogens with one attached hydrogen (secondary N) is 1. The van der Waals surface area contributed by atoms with Crippen LogP contribution in [0, 0.1) is 11.7 Å². The van der Waals surface area contributed by atoms with E-state index in [0.29, 0.717) is 30.9 Å². The molecule has 5 heteroatoms. The van der Waals surface area contributed by atoms with Crippen LogP contribution in [-0.4, -0.2) is 39.0 Å². The number of unbranched alkanes of at least 4 members (excludes halogenated alkanes) is 1. The molecule has 2 rings (SSSR count). The first-order chi connectivity index (χ1) is 11.1.